The summed E-state index contributed by atoms with van der Waals surface area (Å²) in [6.07, 6.45) is 0.828. The first-order valence-corrected chi connectivity index (χ1v) is 6.32. The Hall–Kier alpha value is -1.26. The van der Waals surface area contributed by atoms with Crippen molar-refractivity contribution in [1.29, 1.82) is 0 Å². The van der Waals surface area contributed by atoms with E-state index in [9.17, 15) is 9.59 Å². The zero-order valence-corrected chi connectivity index (χ0v) is 12.3. The van der Waals surface area contributed by atoms with E-state index in [4.69, 9.17) is 5.11 Å². The van der Waals surface area contributed by atoms with Crippen molar-refractivity contribution in [2.45, 2.75) is 59.0 Å². The molecule has 0 aromatic heterocycles. The van der Waals surface area contributed by atoms with Crippen molar-refractivity contribution in [3.63, 3.8) is 0 Å². The Kier molecular flexibility index (Phi) is 6.15. The molecule has 1 unspecified atom stereocenters. The average molecular weight is 258 g/mol. The highest BCUT2D eigenvalue weighted by atomic mass is 16.4. The third kappa shape index (κ3) is 6.47. The average Bonchev–Trinajstić information content (AvgIpc) is 2.11. The fraction of sp³-hybridized carbons (Fsp3) is 0.846. The number of nitrogens with zero attached hydrogens (tertiary/aromatic N) is 1. The summed E-state index contributed by atoms with van der Waals surface area (Å²) >= 11 is 0. The summed E-state index contributed by atoms with van der Waals surface area (Å²) in [5.74, 6) is -0.402. The van der Waals surface area contributed by atoms with Gasteiger partial charge in [0.15, 0.2) is 0 Å². The van der Waals surface area contributed by atoms with Crippen LogP contribution in [0.5, 0.6) is 0 Å². The van der Waals surface area contributed by atoms with Crippen LogP contribution in [0.25, 0.3) is 0 Å². The Morgan fingerprint density at radius 3 is 2.17 bits per heavy atom. The number of amides is 2. The molecule has 2 amide bonds. The van der Waals surface area contributed by atoms with E-state index < -0.39 is 11.5 Å². The van der Waals surface area contributed by atoms with Crippen molar-refractivity contribution < 1.29 is 14.7 Å². The number of carboxylic acids is 1. The van der Waals surface area contributed by atoms with Gasteiger partial charge in [0.2, 0.25) is 0 Å². The Morgan fingerprint density at radius 1 is 1.28 bits per heavy atom. The summed E-state index contributed by atoms with van der Waals surface area (Å²) in [4.78, 5) is 24.3. The number of urea groups is 1. The molecule has 106 valence electrons. The van der Waals surface area contributed by atoms with Crippen molar-refractivity contribution in [2.75, 3.05) is 7.05 Å². The molecule has 0 heterocycles. The van der Waals surface area contributed by atoms with Gasteiger partial charge < -0.3 is 15.3 Å². The van der Waals surface area contributed by atoms with Crippen LogP contribution in [-0.2, 0) is 4.79 Å². The molecule has 0 aliphatic heterocycles. The van der Waals surface area contributed by atoms with Gasteiger partial charge in [-0.2, -0.15) is 0 Å². The van der Waals surface area contributed by atoms with Crippen LogP contribution in [0.4, 0.5) is 4.79 Å². The van der Waals surface area contributed by atoms with Gasteiger partial charge in [-0.25, -0.2) is 4.79 Å². The fourth-order valence-electron chi connectivity index (χ4n) is 1.84. The highest BCUT2D eigenvalue weighted by molar-refractivity contribution is 5.76. The van der Waals surface area contributed by atoms with Gasteiger partial charge in [-0.15, -0.1) is 0 Å². The molecule has 0 spiro atoms. The molecule has 0 aromatic carbocycles. The van der Waals surface area contributed by atoms with Crippen LogP contribution in [0.15, 0.2) is 0 Å². The second-order valence-electron chi connectivity index (χ2n) is 5.97. The van der Waals surface area contributed by atoms with E-state index in [1.165, 1.54) is 0 Å². The molecule has 0 bridgehead atoms. The number of nitrogens with one attached hydrogen (secondary N) is 1. The van der Waals surface area contributed by atoms with Gasteiger partial charge in [-0.1, -0.05) is 13.8 Å². The zero-order chi connectivity index (χ0) is 14.5. The third-order valence-electron chi connectivity index (χ3n) is 2.83. The maximum absolute atomic E-state index is 12.0. The van der Waals surface area contributed by atoms with Gasteiger partial charge in [-0.3, -0.25) is 4.79 Å². The predicted octanol–water partition coefficient (Wildman–Crippen LogP) is 2.32. The SMILES string of the molecule is CC(C)CC(C)N(C)C(=O)NC(C)(C)CC(=O)O. The van der Waals surface area contributed by atoms with Gasteiger partial charge in [0.05, 0.1) is 6.42 Å². The van der Waals surface area contributed by atoms with Crippen molar-refractivity contribution in [2.24, 2.45) is 5.92 Å². The molecule has 0 aliphatic carbocycles. The van der Waals surface area contributed by atoms with Gasteiger partial charge in [0, 0.05) is 18.6 Å². The summed E-state index contributed by atoms with van der Waals surface area (Å²) in [7, 11) is 1.74. The number of hydrogen-bond donors (Lipinski definition) is 2. The van der Waals surface area contributed by atoms with Crippen LogP contribution < -0.4 is 5.32 Å². The number of aliphatic carboxylic acids is 1. The summed E-state index contributed by atoms with van der Waals surface area (Å²) in [6, 6.07) is -0.0972. The van der Waals surface area contributed by atoms with Crippen molar-refractivity contribution >= 4 is 12.0 Å². The van der Waals surface area contributed by atoms with Gasteiger partial charge in [0.25, 0.3) is 0 Å². The molecular weight excluding hydrogens is 232 g/mol. The Labute approximate surface area is 110 Å². The van der Waals surface area contributed by atoms with Crippen molar-refractivity contribution in [3.05, 3.63) is 0 Å². The topological polar surface area (TPSA) is 69.6 Å². The predicted molar refractivity (Wildman–Crippen MR) is 71.5 cm³/mol. The molecular formula is C13H26N2O3. The maximum atomic E-state index is 12.0. The highest BCUT2D eigenvalue weighted by Crippen LogP contribution is 2.12. The van der Waals surface area contributed by atoms with Crippen molar-refractivity contribution in [3.8, 4) is 0 Å². The summed E-state index contributed by atoms with van der Waals surface area (Å²) in [5.41, 5.74) is -0.741. The van der Waals surface area contributed by atoms with E-state index in [1.807, 2.05) is 6.92 Å². The van der Waals surface area contributed by atoms with E-state index in [1.54, 1.807) is 25.8 Å². The van der Waals surface area contributed by atoms with Crippen molar-refractivity contribution in [1.82, 2.24) is 10.2 Å². The fourth-order valence-corrected chi connectivity index (χ4v) is 1.84. The molecule has 1 atom stereocenters. The zero-order valence-electron chi connectivity index (χ0n) is 12.3. The summed E-state index contributed by atoms with van der Waals surface area (Å²) in [6.45, 7) is 9.62. The molecule has 5 heteroatoms. The van der Waals surface area contributed by atoms with E-state index in [-0.39, 0.29) is 18.5 Å². The quantitative estimate of drug-likeness (QED) is 0.768. The monoisotopic (exact) mass is 258 g/mol. The second kappa shape index (κ2) is 6.61. The first-order valence-electron chi connectivity index (χ1n) is 6.32. The molecule has 2 N–H and O–H groups in total. The molecule has 0 aliphatic rings. The van der Waals surface area contributed by atoms with Gasteiger partial charge >= 0.3 is 12.0 Å². The lowest BCUT2D eigenvalue weighted by Gasteiger charge is -2.31. The lowest BCUT2D eigenvalue weighted by molar-refractivity contribution is -0.138. The van der Waals surface area contributed by atoms with Gasteiger partial charge in [-0.05, 0) is 33.1 Å². The lowest BCUT2D eigenvalue weighted by Crippen LogP contribution is -2.52. The molecule has 5 nitrogen and oxygen atoms in total. The normalized spacial score (nSPS) is 13.3. The number of hydrogen-bond acceptors (Lipinski definition) is 2. The number of carboxylic acid groups (broad SMARTS) is 1. The smallest absolute Gasteiger partial charge is 0.317 e. The molecule has 18 heavy (non-hydrogen) atoms. The lowest BCUT2D eigenvalue weighted by atomic mass is 10.0. The van der Waals surface area contributed by atoms with E-state index in [0.717, 1.165) is 6.42 Å². The first-order chi connectivity index (χ1) is 8.05. The van der Waals surface area contributed by atoms with E-state index >= 15 is 0 Å². The minimum atomic E-state index is -0.918. The van der Waals surface area contributed by atoms with Crippen LogP contribution in [0.2, 0.25) is 0 Å². The molecule has 0 saturated carbocycles. The summed E-state index contributed by atoms with van der Waals surface area (Å²) < 4.78 is 0. The standard InChI is InChI=1S/C13H26N2O3/c1-9(2)7-10(3)15(6)12(18)14-13(4,5)8-11(16)17/h9-10H,7-8H2,1-6H3,(H,14,18)(H,16,17). The third-order valence-corrected chi connectivity index (χ3v) is 2.83. The first kappa shape index (κ1) is 16.7. The maximum Gasteiger partial charge on any atom is 0.317 e. The van der Waals surface area contributed by atoms with Gasteiger partial charge in [0.1, 0.15) is 0 Å². The minimum absolute atomic E-state index is 0.0921. The van der Waals surface area contributed by atoms with Crippen LogP contribution in [0, 0.1) is 5.92 Å². The molecule has 0 saturated heterocycles. The Balaban J connectivity index is 4.43. The molecule has 0 aromatic rings. The van der Waals surface area contributed by atoms with Crippen LogP contribution in [0.1, 0.15) is 47.5 Å². The van der Waals surface area contributed by atoms with Crippen LogP contribution in [-0.4, -0.2) is 40.6 Å². The van der Waals surface area contributed by atoms with E-state index in [2.05, 4.69) is 19.2 Å². The molecule has 0 fully saturated rings. The summed E-state index contributed by atoms with van der Waals surface area (Å²) in [5, 5.41) is 11.5. The number of rotatable bonds is 6. The number of carbonyl (C=O) groups is 2. The van der Waals surface area contributed by atoms with Crippen LogP contribution >= 0.6 is 0 Å². The Morgan fingerprint density at radius 2 is 1.78 bits per heavy atom. The second-order valence-corrected chi connectivity index (χ2v) is 5.97. The molecule has 0 rings (SSSR count). The van der Waals surface area contributed by atoms with Crippen LogP contribution in [0.3, 0.4) is 0 Å². The minimum Gasteiger partial charge on any atom is -0.481 e. The Bertz CT molecular complexity index is 301. The number of carbonyl (C=O) groups excluding carboxylic acids is 1. The molecule has 0 radical (unpaired) electrons. The highest BCUT2D eigenvalue weighted by Gasteiger charge is 2.26. The van der Waals surface area contributed by atoms with E-state index in [0.29, 0.717) is 5.92 Å². The largest absolute Gasteiger partial charge is 0.481 e.